The second-order valence-electron chi connectivity index (χ2n) is 5.13. The Morgan fingerprint density at radius 3 is 2.79 bits per heavy atom. The Bertz CT molecular complexity index is 784. The molecule has 126 valence electrons. The highest BCUT2D eigenvalue weighted by molar-refractivity contribution is 6.05. The second kappa shape index (κ2) is 7.36. The molecule has 0 fully saturated rings. The number of nitro benzene ring substituents is 1. The van der Waals surface area contributed by atoms with Crippen LogP contribution in [0.2, 0.25) is 0 Å². The third-order valence-electron chi connectivity index (χ3n) is 3.41. The minimum atomic E-state index is -1.13. The van der Waals surface area contributed by atoms with Crippen LogP contribution in [-0.4, -0.2) is 26.6 Å². The number of carbonyl (C=O) groups is 2. The number of hydrogen-bond donors (Lipinski definition) is 1. The summed E-state index contributed by atoms with van der Waals surface area (Å²) in [6, 6.07) is 4.28. The van der Waals surface area contributed by atoms with Gasteiger partial charge in [-0.2, -0.15) is 5.10 Å². The number of carboxylic acids is 1. The fourth-order valence-corrected chi connectivity index (χ4v) is 2.20. The molecule has 1 amide bonds. The Kier molecular flexibility index (Phi) is 5.25. The van der Waals surface area contributed by atoms with Gasteiger partial charge in [0.25, 0.3) is 11.6 Å². The Labute approximate surface area is 137 Å². The van der Waals surface area contributed by atoms with E-state index >= 15 is 0 Å². The lowest BCUT2D eigenvalue weighted by molar-refractivity contribution is -0.385. The first-order chi connectivity index (χ1) is 11.4. The molecule has 0 spiro atoms. The van der Waals surface area contributed by atoms with E-state index in [1.807, 2.05) is 0 Å². The van der Waals surface area contributed by atoms with E-state index < -0.39 is 16.8 Å². The van der Waals surface area contributed by atoms with E-state index in [0.29, 0.717) is 18.7 Å². The molecule has 1 aromatic carbocycles. The highest BCUT2D eigenvalue weighted by atomic mass is 16.6. The summed E-state index contributed by atoms with van der Waals surface area (Å²) in [6.07, 6.45) is 3.26. The zero-order chi connectivity index (χ0) is 17.7. The average Bonchev–Trinajstić information content (AvgIpc) is 2.94. The number of aromatic nitrogens is 2. The fourth-order valence-electron chi connectivity index (χ4n) is 2.20. The van der Waals surface area contributed by atoms with Gasteiger partial charge < -0.3 is 15.2 Å². The van der Waals surface area contributed by atoms with Gasteiger partial charge in [-0.15, -0.1) is 0 Å². The minimum absolute atomic E-state index is 0.0750. The van der Waals surface area contributed by atoms with Crippen LogP contribution >= 0.6 is 0 Å². The number of nitrogens with zero attached hydrogens (tertiary/aromatic N) is 3. The number of hydrogen-bond acceptors (Lipinski definition) is 6. The van der Waals surface area contributed by atoms with Gasteiger partial charge in [-0.05, 0) is 25.8 Å². The van der Waals surface area contributed by atoms with Crippen LogP contribution in [0.25, 0.3) is 0 Å². The van der Waals surface area contributed by atoms with Crippen molar-refractivity contribution < 1.29 is 19.6 Å². The first-order valence-corrected chi connectivity index (χ1v) is 7.16. The van der Waals surface area contributed by atoms with Crippen molar-refractivity contribution in [3.63, 3.8) is 0 Å². The lowest BCUT2D eigenvalue weighted by atomic mass is 10.1. The molecule has 0 aliphatic carbocycles. The summed E-state index contributed by atoms with van der Waals surface area (Å²) >= 11 is 0. The number of benzene rings is 1. The number of rotatable bonds is 7. The molecule has 1 heterocycles. The highest BCUT2D eigenvalue weighted by Gasteiger charge is 2.18. The summed E-state index contributed by atoms with van der Waals surface area (Å²) in [4.78, 5) is 33.0. The van der Waals surface area contributed by atoms with Crippen LogP contribution in [0.4, 0.5) is 11.4 Å². The van der Waals surface area contributed by atoms with Gasteiger partial charge in [0.05, 0.1) is 16.8 Å². The summed E-state index contributed by atoms with van der Waals surface area (Å²) < 4.78 is 1.50. The third kappa shape index (κ3) is 4.15. The van der Waals surface area contributed by atoms with Crippen molar-refractivity contribution in [1.82, 2.24) is 9.78 Å². The van der Waals surface area contributed by atoms with Gasteiger partial charge in [0.15, 0.2) is 0 Å². The maximum atomic E-state index is 12.3. The molecule has 0 unspecified atom stereocenters. The van der Waals surface area contributed by atoms with Crippen molar-refractivity contribution in [2.24, 2.45) is 0 Å². The molecule has 0 aliphatic rings. The van der Waals surface area contributed by atoms with Crippen LogP contribution in [0, 0.1) is 17.0 Å². The quantitative estimate of drug-likeness (QED) is 0.592. The number of nitrogens with one attached hydrogen (secondary N) is 1. The molecule has 0 aliphatic heterocycles. The first-order valence-electron chi connectivity index (χ1n) is 7.16. The molecule has 0 atom stereocenters. The predicted octanol–water partition coefficient (Wildman–Crippen LogP) is 0.882. The normalized spacial score (nSPS) is 10.4. The van der Waals surface area contributed by atoms with Gasteiger partial charge in [0, 0.05) is 35.9 Å². The zero-order valence-corrected chi connectivity index (χ0v) is 12.9. The van der Waals surface area contributed by atoms with Gasteiger partial charge in [0.1, 0.15) is 0 Å². The van der Waals surface area contributed by atoms with Crippen LogP contribution in [0.3, 0.4) is 0 Å². The lowest BCUT2D eigenvalue weighted by Crippen LogP contribution is -2.22. The molecule has 24 heavy (non-hydrogen) atoms. The predicted molar refractivity (Wildman–Crippen MR) is 82.3 cm³/mol. The summed E-state index contributed by atoms with van der Waals surface area (Å²) in [5, 5.41) is 27.9. The van der Waals surface area contributed by atoms with Crippen molar-refractivity contribution in [2.45, 2.75) is 26.3 Å². The molecule has 0 saturated carbocycles. The zero-order valence-electron chi connectivity index (χ0n) is 12.9. The van der Waals surface area contributed by atoms with E-state index in [0.717, 1.165) is 0 Å². The van der Waals surface area contributed by atoms with Gasteiger partial charge in [-0.25, -0.2) is 0 Å². The molecule has 0 bridgehead atoms. The summed E-state index contributed by atoms with van der Waals surface area (Å²) in [5.74, 6) is -1.61. The van der Waals surface area contributed by atoms with Crippen molar-refractivity contribution in [2.75, 3.05) is 5.32 Å². The fraction of sp³-hybridized carbons (Fsp3) is 0.267. The Hall–Kier alpha value is -3.23. The van der Waals surface area contributed by atoms with Gasteiger partial charge >= 0.3 is 0 Å². The van der Waals surface area contributed by atoms with E-state index in [2.05, 4.69) is 10.4 Å². The Balaban J connectivity index is 2.05. The van der Waals surface area contributed by atoms with Crippen molar-refractivity contribution in [1.29, 1.82) is 0 Å². The molecule has 0 radical (unpaired) electrons. The monoisotopic (exact) mass is 331 g/mol. The number of amides is 1. The van der Waals surface area contributed by atoms with E-state index in [9.17, 15) is 24.8 Å². The molecule has 1 aromatic heterocycles. The maximum absolute atomic E-state index is 12.3. The molecule has 9 nitrogen and oxygen atoms in total. The van der Waals surface area contributed by atoms with Gasteiger partial charge in [-0.3, -0.25) is 19.6 Å². The van der Waals surface area contributed by atoms with Crippen molar-refractivity contribution in [3.05, 3.63) is 51.8 Å². The number of anilines is 1. The number of nitro groups is 1. The third-order valence-corrected chi connectivity index (χ3v) is 3.41. The van der Waals surface area contributed by atoms with Crippen LogP contribution in [0.1, 0.15) is 28.8 Å². The summed E-state index contributed by atoms with van der Waals surface area (Å²) in [5.41, 5.74) is 0.773. The largest absolute Gasteiger partial charge is 0.550 e. The Morgan fingerprint density at radius 1 is 1.38 bits per heavy atom. The maximum Gasteiger partial charge on any atom is 0.273 e. The topological polar surface area (TPSA) is 130 Å². The Morgan fingerprint density at radius 2 is 2.12 bits per heavy atom. The van der Waals surface area contributed by atoms with Crippen LogP contribution in [0.5, 0.6) is 0 Å². The highest BCUT2D eigenvalue weighted by Crippen LogP contribution is 2.22. The minimum Gasteiger partial charge on any atom is -0.550 e. The number of aryl methyl sites for hydroxylation is 1. The standard InChI is InChI=1S/C15H16N4O5/c1-10-12(4-2-5-13(10)19(23)24)15(22)17-11-8-16-18(9-11)7-3-6-14(20)21/h2,4-5,8-9H,3,6-7H2,1H3,(H,17,22)(H,20,21)/p-1. The van der Waals surface area contributed by atoms with Crippen molar-refractivity contribution in [3.8, 4) is 0 Å². The van der Waals surface area contributed by atoms with E-state index in [4.69, 9.17) is 0 Å². The molecule has 1 N–H and O–H groups in total. The average molecular weight is 331 g/mol. The van der Waals surface area contributed by atoms with Gasteiger partial charge in [-0.1, -0.05) is 6.07 Å². The number of carbonyl (C=O) groups excluding carboxylic acids is 2. The van der Waals surface area contributed by atoms with E-state index in [1.54, 1.807) is 6.20 Å². The SMILES string of the molecule is Cc1c(C(=O)Nc2cnn(CCCC(=O)[O-])c2)cccc1[N+](=O)[O-]. The van der Waals surface area contributed by atoms with Crippen LogP contribution in [0.15, 0.2) is 30.6 Å². The van der Waals surface area contributed by atoms with E-state index in [-0.39, 0.29) is 23.2 Å². The molecular weight excluding hydrogens is 316 g/mol. The van der Waals surface area contributed by atoms with E-state index in [1.165, 1.54) is 36.0 Å². The molecule has 0 saturated heterocycles. The molecule has 9 heteroatoms. The molecule has 2 rings (SSSR count). The molecule has 2 aromatic rings. The second-order valence-corrected chi connectivity index (χ2v) is 5.13. The van der Waals surface area contributed by atoms with Crippen molar-refractivity contribution >= 4 is 23.3 Å². The summed E-state index contributed by atoms with van der Waals surface area (Å²) in [6.45, 7) is 1.89. The smallest absolute Gasteiger partial charge is 0.273 e. The van der Waals surface area contributed by atoms with Gasteiger partial charge in [0.2, 0.25) is 0 Å². The number of carboxylic acid groups (broad SMARTS) is 1. The lowest BCUT2D eigenvalue weighted by Gasteiger charge is -2.06. The first kappa shape index (κ1) is 17.1. The molecular formula is C15H15N4O5-. The van der Waals surface area contributed by atoms with Crippen LogP contribution in [-0.2, 0) is 11.3 Å². The summed E-state index contributed by atoms with van der Waals surface area (Å²) in [7, 11) is 0. The number of aliphatic carboxylic acids is 1. The van der Waals surface area contributed by atoms with Crippen LogP contribution < -0.4 is 10.4 Å².